The molecule has 0 aliphatic heterocycles. The van der Waals surface area contributed by atoms with Gasteiger partial charge in [-0.3, -0.25) is 0 Å². The minimum absolute atomic E-state index is 0.463. The second-order valence-electron chi connectivity index (χ2n) is 5.27. The maximum atomic E-state index is 10.2. The standard InChI is InChI=1S/C13H24N4O/c1-5-14-11-6-12(17-9-16-11)15-8-13(4,18)7-10(2)3/h6,9-10,18H,5,7-8H2,1-4H3,(H2,14,15,16,17). The Morgan fingerprint density at radius 2 is 1.89 bits per heavy atom. The lowest BCUT2D eigenvalue weighted by molar-refractivity contribution is 0.0515. The summed E-state index contributed by atoms with van der Waals surface area (Å²) in [5.41, 5.74) is -0.725. The van der Waals surface area contributed by atoms with E-state index in [1.165, 1.54) is 6.33 Å². The third-order valence-electron chi connectivity index (χ3n) is 2.52. The summed E-state index contributed by atoms with van der Waals surface area (Å²) in [5.74, 6) is 1.98. The molecular formula is C13H24N4O. The molecule has 1 atom stereocenters. The molecule has 0 fully saturated rings. The van der Waals surface area contributed by atoms with Crippen molar-refractivity contribution < 1.29 is 5.11 Å². The van der Waals surface area contributed by atoms with Crippen LogP contribution >= 0.6 is 0 Å². The highest BCUT2D eigenvalue weighted by molar-refractivity contribution is 5.46. The van der Waals surface area contributed by atoms with Gasteiger partial charge < -0.3 is 15.7 Å². The summed E-state index contributed by atoms with van der Waals surface area (Å²) >= 11 is 0. The van der Waals surface area contributed by atoms with Gasteiger partial charge in [0.1, 0.15) is 18.0 Å². The lowest BCUT2D eigenvalue weighted by atomic mass is 9.94. The first-order valence-corrected chi connectivity index (χ1v) is 6.45. The average Bonchev–Trinajstić information content (AvgIpc) is 2.26. The van der Waals surface area contributed by atoms with Gasteiger partial charge in [-0.2, -0.15) is 0 Å². The van der Waals surface area contributed by atoms with Gasteiger partial charge in [0.05, 0.1) is 5.60 Å². The van der Waals surface area contributed by atoms with Crippen molar-refractivity contribution in [2.24, 2.45) is 5.92 Å². The van der Waals surface area contributed by atoms with Gasteiger partial charge in [0.25, 0.3) is 0 Å². The van der Waals surface area contributed by atoms with Crippen LogP contribution in [0.4, 0.5) is 11.6 Å². The van der Waals surface area contributed by atoms with Gasteiger partial charge in [0.15, 0.2) is 0 Å². The minimum atomic E-state index is -0.725. The largest absolute Gasteiger partial charge is 0.388 e. The van der Waals surface area contributed by atoms with Crippen molar-refractivity contribution in [3.63, 3.8) is 0 Å². The number of hydrogen-bond acceptors (Lipinski definition) is 5. The summed E-state index contributed by atoms with van der Waals surface area (Å²) in [5, 5.41) is 16.5. The molecular weight excluding hydrogens is 228 g/mol. The van der Waals surface area contributed by atoms with Crippen LogP contribution in [-0.4, -0.2) is 33.8 Å². The highest BCUT2D eigenvalue weighted by atomic mass is 16.3. The van der Waals surface area contributed by atoms with Crippen molar-refractivity contribution in [3.8, 4) is 0 Å². The molecule has 0 amide bonds. The van der Waals surface area contributed by atoms with E-state index in [2.05, 4.69) is 34.4 Å². The van der Waals surface area contributed by atoms with Crippen LogP contribution in [0.3, 0.4) is 0 Å². The van der Waals surface area contributed by atoms with Crippen molar-refractivity contribution >= 4 is 11.6 Å². The lowest BCUT2D eigenvalue weighted by Gasteiger charge is -2.25. The maximum Gasteiger partial charge on any atom is 0.131 e. The second-order valence-corrected chi connectivity index (χ2v) is 5.27. The molecule has 0 bridgehead atoms. The number of nitrogens with one attached hydrogen (secondary N) is 2. The monoisotopic (exact) mass is 252 g/mol. The minimum Gasteiger partial charge on any atom is -0.388 e. The Balaban J connectivity index is 2.54. The Hall–Kier alpha value is -1.36. The normalized spacial score (nSPS) is 14.3. The van der Waals surface area contributed by atoms with Crippen LogP contribution in [0.25, 0.3) is 0 Å². The van der Waals surface area contributed by atoms with Crippen LogP contribution in [0.2, 0.25) is 0 Å². The summed E-state index contributed by atoms with van der Waals surface area (Å²) < 4.78 is 0. The van der Waals surface area contributed by atoms with E-state index in [9.17, 15) is 5.11 Å². The van der Waals surface area contributed by atoms with Gasteiger partial charge in [-0.15, -0.1) is 0 Å². The fourth-order valence-corrected chi connectivity index (χ4v) is 1.96. The van der Waals surface area contributed by atoms with Crippen LogP contribution in [0, 0.1) is 5.92 Å². The third kappa shape index (κ3) is 5.31. The molecule has 1 aromatic heterocycles. The summed E-state index contributed by atoms with van der Waals surface area (Å²) in [7, 11) is 0. The summed E-state index contributed by atoms with van der Waals surface area (Å²) in [6, 6.07) is 1.84. The van der Waals surface area contributed by atoms with E-state index in [4.69, 9.17) is 0 Å². The fraction of sp³-hybridized carbons (Fsp3) is 0.692. The molecule has 0 aliphatic rings. The number of aromatic nitrogens is 2. The Kier molecular flexibility index (Phi) is 5.34. The van der Waals surface area contributed by atoms with E-state index < -0.39 is 5.60 Å². The highest BCUT2D eigenvalue weighted by Gasteiger charge is 2.21. The number of anilines is 2. The molecule has 1 rings (SSSR count). The van der Waals surface area contributed by atoms with Crippen LogP contribution in [0.15, 0.2) is 12.4 Å². The maximum absolute atomic E-state index is 10.2. The van der Waals surface area contributed by atoms with E-state index in [1.807, 2.05) is 19.9 Å². The van der Waals surface area contributed by atoms with Gasteiger partial charge in [-0.05, 0) is 26.2 Å². The van der Waals surface area contributed by atoms with Crippen LogP contribution in [0.5, 0.6) is 0 Å². The zero-order valence-electron chi connectivity index (χ0n) is 11.7. The van der Waals surface area contributed by atoms with Gasteiger partial charge in [0, 0.05) is 19.2 Å². The quantitative estimate of drug-likeness (QED) is 0.693. The van der Waals surface area contributed by atoms with Gasteiger partial charge in [-0.25, -0.2) is 9.97 Å². The third-order valence-corrected chi connectivity index (χ3v) is 2.52. The molecule has 0 radical (unpaired) electrons. The van der Waals surface area contributed by atoms with Crippen molar-refractivity contribution in [2.75, 3.05) is 23.7 Å². The predicted octanol–water partition coefficient (Wildman–Crippen LogP) is 2.12. The van der Waals surface area contributed by atoms with Gasteiger partial charge in [-0.1, -0.05) is 13.8 Å². The second kappa shape index (κ2) is 6.54. The van der Waals surface area contributed by atoms with Gasteiger partial charge >= 0.3 is 0 Å². The molecule has 3 N–H and O–H groups in total. The van der Waals surface area contributed by atoms with Crippen molar-refractivity contribution in [1.29, 1.82) is 0 Å². The zero-order chi connectivity index (χ0) is 13.6. The Bertz CT molecular complexity index is 366. The highest BCUT2D eigenvalue weighted by Crippen LogP contribution is 2.17. The van der Waals surface area contributed by atoms with E-state index >= 15 is 0 Å². The Morgan fingerprint density at radius 3 is 2.44 bits per heavy atom. The molecule has 18 heavy (non-hydrogen) atoms. The Labute approximate surface area is 109 Å². The van der Waals surface area contributed by atoms with E-state index in [0.29, 0.717) is 12.5 Å². The first kappa shape index (κ1) is 14.7. The first-order chi connectivity index (χ1) is 8.43. The smallest absolute Gasteiger partial charge is 0.131 e. The summed E-state index contributed by atoms with van der Waals surface area (Å²) in [6.07, 6.45) is 2.27. The average molecular weight is 252 g/mol. The van der Waals surface area contributed by atoms with E-state index in [-0.39, 0.29) is 0 Å². The Morgan fingerprint density at radius 1 is 1.28 bits per heavy atom. The molecule has 0 aromatic carbocycles. The molecule has 1 aromatic rings. The number of aliphatic hydroxyl groups is 1. The lowest BCUT2D eigenvalue weighted by Crippen LogP contribution is -2.35. The van der Waals surface area contributed by atoms with Crippen molar-refractivity contribution in [3.05, 3.63) is 12.4 Å². The van der Waals surface area contributed by atoms with Crippen molar-refractivity contribution in [1.82, 2.24) is 9.97 Å². The predicted molar refractivity (Wildman–Crippen MR) is 74.8 cm³/mol. The summed E-state index contributed by atoms with van der Waals surface area (Å²) in [4.78, 5) is 8.23. The van der Waals surface area contributed by atoms with Crippen LogP contribution in [-0.2, 0) is 0 Å². The number of rotatable bonds is 7. The topological polar surface area (TPSA) is 70.1 Å². The van der Waals surface area contributed by atoms with Crippen LogP contribution in [0.1, 0.15) is 34.1 Å². The molecule has 0 spiro atoms. The van der Waals surface area contributed by atoms with Crippen molar-refractivity contribution in [2.45, 2.75) is 39.7 Å². The molecule has 102 valence electrons. The summed E-state index contributed by atoms with van der Waals surface area (Å²) in [6.45, 7) is 9.36. The van der Waals surface area contributed by atoms with E-state index in [0.717, 1.165) is 24.6 Å². The molecule has 1 unspecified atom stereocenters. The molecule has 5 nitrogen and oxygen atoms in total. The van der Waals surface area contributed by atoms with Crippen LogP contribution < -0.4 is 10.6 Å². The molecule has 0 saturated carbocycles. The number of nitrogens with zero attached hydrogens (tertiary/aromatic N) is 2. The van der Waals surface area contributed by atoms with E-state index in [1.54, 1.807) is 0 Å². The molecule has 0 aliphatic carbocycles. The molecule has 1 heterocycles. The first-order valence-electron chi connectivity index (χ1n) is 6.45. The molecule has 5 heteroatoms. The zero-order valence-corrected chi connectivity index (χ0v) is 11.7. The van der Waals surface area contributed by atoms with Gasteiger partial charge in [0.2, 0.25) is 0 Å². The number of hydrogen-bond donors (Lipinski definition) is 3. The fourth-order valence-electron chi connectivity index (χ4n) is 1.96. The SMILES string of the molecule is CCNc1cc(NCC(C)(O)CC(C)C)ncn1. The molecule has 0 saturated heterocycles.